The zero-order chi connectivity index (χ0) is 26.9. The number of fused-ring (bicyclic) bond motifs is 4. The maximum Gasteiger partial charge on any atom is 0.301 e. The summed E-state index contributed by atoms with van der Waals surface area (Å²) in [5.41, 5.74) is 1.83. The molecule has 2 N–H and O–H groups in total. The Kier molecular flexibility index (Phi) is 8.14. The molecule has 0 aliphatic carbocycles. The lowest BCUT2D eigenvalue weighted by atomic mass is 10.1. The number of aryl methyl sites for hydroxylation is 1. The van der Waals surface area contributed by atoms with Gasteiger partial charge in [-0.3, -0.25) is 13.3 Å². The van der Waals surface area contributed by atoms with Crippen LogP contribution >= 0.6 is 27.3 Å². The molecule has 0 fully saturated rings. The van der Waals surface area contributed by atoms with E-state index >= 15 is 0 Å². The fourth-order valence-electron chi connectivity index (χ4n) is 4.48. The van der Waals surface area contributed by atoms with Crippen LogP contribution in [0, 0.1) is 0 Å². The van der Waals surface area contributed by atoms with E-state index in [1.807, 2.05) is 53.4 Å². The molecule has 0 saturated carbocycles. The summed E-state index contributed by atoms with van der Waals surface area (Å²) in [6.07, 6.45) is 2.64. The highest BCUT2D eigenvalue weighted by Gasteiger charge is 2.30. The maximum atomic E-state index is 11.4. The molecular formula is C25H24BrN2O7S3+. The minimum atomic E-state index is -4.09. The van der Waals surface area contributed by atoms with Crippen LogP contribution in [0.4, 0.5) is 5.69 Å². The highest BCUT2D eigenvalue weighted by Crippen LogP contribution is 2.41. The molecule has 0 radical (unpaired) electrons. The van der Waals surface area contributed by atoms with Crippen molar-refractivity contribution in [2.45, 2.75) is 19.4 Å². The molecule has 2 heterocycles. The number of hydrogen-bond acceptors (Lipinski definition) is 7. The van der Waals surface area contributed by atoms with Gasteiger partial charge in [-0.15, -0.1) is 0 Å². The minimum Gasteiger partial charge on any atom is -0.438 e. The molecule has 200 valence electrons. The predicted molar refractivity (Wildman–Crippen MR) is 152 cm³/mol. The van der Waals surface area contributed by atoms with E-state index in [4.69, 9.17) is 13.5 Å². The second kappa shape index (κ2) is 11.4. The van der Waals surface area contributed by atoms with E-state index in [2.05, 4.69) is 32.6 Å². The van der Waals surface area contributed by atoms with Gasteiger partial charge in [0.1, 0.15) is 4.70 Å². The van der Waals surface area contributed by atoms with Gasteiger partial charge in [0.05, 0.1) is 29.5 Å². The first kappa shape index (κ1) is 27.2. The van der Waals surface area contributed by atoms with E-state index in [0.29, 0.717) is 31.1 Å². The van der Waals surface area contributed by atoms with Crippen molar-refractivity contribution in [2.75, 3.05) is 23.8 Å². The third kappa shape index (κ3) is 6.09. The molecule has 13 heteroatoms. The Bertz CT molecular complexity index is 1670. The second-order valence-electron chi connectivity index (χ2n) is 8.61. The van der Waals surface area contributed by atoms with E-state index in [1.165, 1.54) is 0 Å². The molecular weight excluding hydrogens is 616 g/mol. The summed E-state index contributed by atoms with van der Waals surface area (Å²) in [4.78, 5) is 1.98. The Morgan fingerprint density at radius 1 is 1.16 bits per heavy atom. The molecule has 38 heavy (non-hydrogen) atoms. The number of rotatable bonds is 10. The average Bonchev–Trinajstić information content (AvgIpc) is 3.38. The van der Waals surface area contributed by atoms with Crippen LogP contribution in [0.25, 0.3) is 27.1 Å². The Hall–Kier alpha value is -2.39. The van der Waals surface area contributed by atoms with Gasteiger partial charge in [-0.25, -0.2) is 0 Å². The van der Waals surface area contributed by atoms with E-state index in [9.17, 15) is 17.2 Å². The van der Waals surface area contributed by atoms with Crippen LogP contribution in [-0.4, -0.2) is 40.6 Å². The number of aromatic nitrogens is 1. The highest BCUT2D eigenvalue weighted by molar-refractivity contribution is 9.10. The molecule has 0 saturated heterocycles. The van der Waals surface area contributed by atoms with Gasteiger partial charge in [0.15, 0.2) is 12.3 Å². The van der Waals surface area contributed by atoms with Gasteiger partial charge in [0.25, 0.3) is 15.1 Å². The van der Waals surface area contributed by atoms with Crippen molar-refractivity contribution in [3.8, 4) is 5.75 Å². The van der Waals surface area contributed by atoms with Crippen LogP contribution in [0.3, 0.4) is 0 Å². The lowest BCUT2D eigenvalue weighted by Crippen LogP contribution is -2.36. The van der Waals surface area contributed by atoms with Crippen LogP contribution < -0.4 is 14.2 Å². The first-order valence-corrected chi connectivity index (χ1v) is 15.9. The summed E-state index contributed by atoms with van der Waals surface area (Å²) in [6, 6.07) is 17.8. The molecule has 4 aromatic rings. The molecule has 9 nitrogen and oxygen atoms in total. The fraction of sp³-hybridized carbons (Fsp3) is 0.240. The molecule has 0 bridgehead atoms. The monoisotopic (exact) mass is 639 g/mol. The number of hydrogen-bond donors (Lipinski definition) is 2. The molecule has 3 aromatic carbocycles. The molecule has 1 unspecified atom stereocenters. The van der Waals surface area contributed by atoms with E-state index < -0.39 is 21.5 Å². The molecule has 0 amide bonds. The summed E-state index contributed by atoms with van der Waals surface area (Å²) in [7, 11) is -4.09. The maximum absolute atomic E-state index is 11.4. The van der Waals surface area contributed by atoms with Crippen molar-refractivity contribution in [2.24, 2.45) is 0 Å². The summed E-state index contributed by atoms with van der Waals surface area (Å²) < 4.78 is 67.0. The second-order valence-corrected chi connectivity index (χ2v) is 12.8. The van der Waals surface area contributed by atoms with Crippen molar-refractivity contribution < 1.29 is 35.2 Å². The summed E-state index contributed by atoms with van der Waals surface area (Å²) in [6.45, 7) is 0.950. The summed E-state index contributed by atoms with van der Waals surface area (Å²) >= 11 is 2.75. The van der Waals surface area contributed by atoms with Crippen LogP contribution in [0.5, 0.6) is 5.75 Å². The van der Waals surface area contributed by atoms with Crippen molar-refractivity contribution in [3.63, 3.8) is 0 Å². The quantitative estimate of drug-likeness (QED) is 0.106. The highest BCUT2D eigenvalue weighted by atomic mass is 79.9. The number of halogens is 1. The zero-order valence-electron chi connectivity index (χ0n) is 19.9. The Morgan fingerprint density at radius 3 is 2.76 bits per heavy atom. The zero-order valence-corrected chi connectivity index (χ0v) is 24.0. The van der Waals surface area contributed by atoms with Crippen LogP contribution in [0.1, 0.15) is 17.8 Å². The van der Waals surface area contributed by atoms with Crippen molar-refractivity contribution in [1.82, 2.24) is 0 Å². The lowest BCUT2D eigenvalue weighted by molar-refractivity contribution is -0.667. The lowest BCUT2D eigenvalue weighted by Gasteiger charge is -2.17. The standard InChI is InChI=1S/C25H23BrN2O7S3/c26-18-8-9-21-20(15-18)27(11-3-13-34-37(29)30)23(35-21)16-24-28(12-4-14-38(31,32)33)25-19-6-2-1-5-17(19)7-10-22(25)36-24/h1-2,5-10,15-16H,3-4,11-14H2,(H-,29,30,31,32,33)/p+1. The van der Waals surface area contributed by atoms with Gasteiger partial charge >= 0.3 is 11.4 Å². The first-order chi connectivity index (χ1) is 18.2. The molecule has 0 spiro atoms. The van der Waals surface area contributed by atoms with Crippen LogP contribution in [-0.2, 0) is 32.2 Å². The first-order valence-electron chi connectivity index (χ1n) is 11.7. The van der Waals surface area contributed by atoms with Gasteiger partial charge in [0, 0.05) is 17.4 Å². The van der Waals surface area contributed by atoms with E-state index in [0.717, 1.165) is 36.2 Å². The Labute approximate surface area is 234 Å². The van der Waals surface area contributed by atoms with Crippen molar-refractivity contribution in [3.05, 3.63) is 70.0 Å². The topological polar surface area (TPSA) is 117 Å². The van der Waals surface area contributed by atoms with Crippen LogP contribution in [0.2, 0.25) is 0 Å². The molecule has 1 atom stereocenters. The van der Waals surface area contributed by atoms with Gasteiger partial charge < -0.3 is 9.64 Å². The third-order valence-electron chi connectivity index (χ3n) is 6.05. The molecule has 1 aliphatic rings. The fourth-order valence-corrected chi connectivity index (χ4v) is 6.71. The smallest absolute Gasteiger partial charge is 0.301 e. The van der Waals surface area contributed by atoms with Gasteiger partial charge in [-0.1, -0.05) is 51.5 Å². The predicted octanol–water partition coefficient (Wildman–Crippen LogP) is 5.12. The Balaban J connectivity index is 1.57. The summed E-state index contributed by atoms with van der Waals surface area (Å²) in [5, 5.41) is 2.97. The van der Waals surface area contributed by atoms with Gasteiger partial charge in [-0.2, -0.15) is 17.2 Å². The van der Waals surface area contributed by atoms with Gasteiger partial charge in [0.2, 0.25) is 11.4 Å². The average molecular weight is 641 g/mol. The van der Waals surface area contributed by atoms with E-state index in [-0.39, 0.29) is 18.8 Å². The van der Waals surface area contributed by atoms with Crippen molar-refractivity contribution in [1.29, 1.82) is 0 Å². The number of ether oxygens (including phenoxy) is 1. The van der Waals surface area contributed by atoms with Gasteiger partial charge in [-0.05, 0) is 42.1 Å². The molecule has 1 aromatic heterocycles. The molecule has 5 rings (SSSR count). The largest absolute Gasteiger partial charge is 0.438 e. The number of anilines is 1. The number of thiazole rings is 1. The number of nitrogens with zero attached hydrogens (tertiary/aromatic N) is 2. The molecule has 1 aliphatic heterocycles. The van der Waals surface area contributed by atoms with E-state index in [1.54, 1.807) is 11.3 Å². The minimum absolute atomic E-state index is 0.0980. The van der Waals surface area contributed by atoms with Crippen LogP contribution in [0.15, 0.2) is 65.0 Å². The number of benzene rings is 3. The SMILES string of the molecule is O=S(O)OCCCN1C(=Cc2sc3ccc4ccccc4c3[n+]2CCCS(=O)(=O)O)Oc2ccc(Br)cc21. The summed E-state index contributed by atoms with van der Waals surface area (Å²) in [5.74, 6) is 0.907. The van der Waals surface area contributed by atoms with Crippen molar-refractivity contribution >= 4 is 81.5 Å². The normalized spacial score (nSPS) is 15.3. The Morgan fingerprint density at radius 2 is 1.97 bits per heavy atom. The third-order valence-corrected chi connectivity index (χ3v) is 8.81.